The first-order valence-electron chi connectivity index (χ1n) is 12.5. The number of rotatable bonds is 8. The number of anilines is 1. The number of ketones is 1. The van der Waals surface area contributed by atoms with Crippen molar-refractivity contribution in [2.24, 2.45) is 0 Å². The highest BCUT2D eigenvalue weighted by Gasteiger charge is 2.24. The van der Waals surface area contributed by atoms with Gasteiger partial charge in [-0.3, -0.25) is 14.9 Å². The second kappa shape index (κ2) is 13.4. The Balaban J connectivity index is 2.63. The van der Waals surface area contributed by atoms with Gasteiger partial charge in [-0.25, -0.2) is 14.0 Å². The number of allylic oxidation sites excluding steroid dienone is 2. The molecule has 0 atom stereocenters. The van der Waals surface area contributed by atoms with Crippen LogP contribution in [-0.2, 0) is 14.3 Å². The summed E-state index contributed by atoms with van der Waals surface area (Å²) in [4.78, 5) is 50.0. The molecule has 0 unspecified atom stereocenters. The highest BCUT2D eigenvalue weighted by molar-refractivity contribution is 6.34. The summed E-state index contributed by atoms with van der Waals surface area (Å²) in [6, 6.07) is 7.84. The Hall–Kier alpha value is -3.98. The fourth-order valence-corrected chi connectivity index (χ4v) is 3.78. The van der Waals surface area contributed by atoms with E-state index in [9.17, 15) is 23.6 Å². The molecule has 2 N–H and O–H groups in total. The molecule has 2 amide bonds. The van der Waals surface area contributed by atoms with Crippen LogP contribution < -0.4 is 10.6 Å². The smallest absolute Gasteiger partial charge is 0.412 e. The molecule has 0 aliphatic rings. The second-order valence-electron chi connectivity index (χ2n) is 10.7. The summed E-state index contributed by atoms with van der Waals surface area (Å²) in [6.07, 6.45) is 1.97. The zero-order chi connectivity index (χ0) is 30.3. The minimum absolute atomic E-state index is 0.0447. The van der Waals surface area contributed by atoms with Gasteiger partial charge < -0.3 is 14.8 Å². The number of hydrogen-bond acceptors (Lipinski definition) is 6. The highest BCUT2D eigenvalue weighted by Crippen LogP contribution is 2.35. The lowest BCUT2D eigenvalue weighted by Crippen LogP contribution is -2.33. The lowest BCUT2D eigenvalue weighted by atomic mass is 9.89. The van der Waals surface area contributed by atoms with Crippen molar-refractivity contribution in [1.82, 2.24) is 5.32 Å². The van der Waals surface area contributed by atoms with Gasteiger partial charge in [0.1, 0.15) is 23.3 Å². The zero-order valence-electron chi connectivity index (χ0n) is 23.6. The number of hydrogen-bond donors (Lipinski definition) is 2. The first kappa shape index (κ1) is 32.2. The van der Waals surface area contributed by atoms with Crippen molar-refractivity contribution >= 4 is 47.1 Å². The zero-order valence-corrected chi connectivity index (χ0v) is 24.4. The van der Waals surface area contributed by atoms with Crippen molar-refractivity contribution in [3.63, 3.8) is 0 Å². The van der Waals surface area contributed by atoms with Gasteiger partial charge in [0.05, 0.1) is 10.7 Å². The van der Waals surface area contributed by atoms with Crippen LogP contribution in [0.4, 0.5) is 19.7 Å². The van der Waals surface area contributed by atoms with E-state index in [0.29, 0.717) is 23.0 Å². The van der Waals surface area contributed by atoms with Gasteiger partial charge in [-0.05, 0) is 108 Å². The van der Waals surface area contributed by atoms with E-state index >= 15 is 0 Å². The molecule has 8 nitrogen and oxygen atoms in total. The maximum Gasteiger partial charge on any atom is 0.412 e. The number of carbonyl (C=O) groups is 4. The Morgan fingerprint density at radius 2 is 1.50 bits per heavy atom. The number of carbonyl (C=O) groups excluding carboxylic acids is 4. The molecule has 2 aromatic carbocycles. The van der Waals surface area contributed by atoms with E-state index in [0.717, 1.165) is 12.1 Å². The normalized spacial score (nSPS) is 12.4. The van der Waals surface area contributed by atoms with E-state index in [1.54, 1.807) is 54.5 Å². The lowest BCUT2D eigenvalue weighted by molar-refractivity contribution is -0.104. The molecule has 2 rings (SSSR count). The van der Waals surface area contributed by atoms with E-state index in [1.165, 1.54) is 30.3 Å². The summed E-state index contributed by atoms with van der Waals surface area (Å²) in [6.45, 7) is 11.8. The lowest BCUT2D eigenvalue weighted by Gasteiger charge is -2.22. The number of alkyl carbamates (subject to hydrolysis) is 1. The molecule has 0 bridgehead atoms. The number of halogens is 2. The Bertz CT molecular complexity index is 1340. The molecule has 0 radical (unpaired) electrons. The molecule has 40 heavy (non-hydrogen) atoms. The molecule has 0 aromatic heterocycles. The van der Waals surface area contributed by atoms with Crippen LogP contribution in [0.2, 0.25) is 5.02 Å². The van der Waals surface area contributed by atoms with Crippen molar-refractivity contribution in [3.05, 3.63) is 81.7 Å². The SMILES string of the molecule is C/C=C(\C(=C/C=O)CNC(=O)OC(C)(C)C)c1cc(NC(=O)OC(C)(C)C)c(Cl)cc1C(=O)c1ccc(F)cc1. The third-order valence-corrected chi connectivity index (χ3v) is 5.42. The number of ether oxygens (including phenoxy) is 2. The average molecular weight is 573 g/mol. The van der Waals surface area contributed by atoms with E-state index in [4.69, 9.17) is 21.1 Å². The van der Waals surface area contributed by atoms with Crippen LogP contribution in [0.5, 0.6) is 0 Å². The van der Waals surface area contributed by atoms with Gasteiger partial charge >= 0.3 is 12.2 Å². The molecule has 0 fully saturated rings. The first-order valence-corrected chi connectivity index (χ1v) is 12.8. The predicted molar refractivity (Wildman–Crippen MR) is 153 cm³/mol. The van der Waals surface area contributed by atoms with Gasteiger partial charge in [-0.1, -0.05) is 17.7 Å². The first-order chi connectivity index (χ1) is 18.5. The average Bonchev–Trinajstić information content (AvgIpc) is 2.82. The maximum absolute atomic E-state index is 13.6. The molecule has 10 heteroatoms. The van der Waals surface area contributed by atoms with Crippen LogP contribution in [0, 0.1) is 5.82 Å². The number of aldehydes is 1. The van der Waals surface area contributed by atoms with Gasteiger partial charge in [0.15, 0.2) is 5.78 Å². The summed E-state index contributed by atoms with van der Waals surface area (Å²) in [5, 5.41) is 5.24. The third kappa shape index (κ3) is 9.64. The molecular formula is C30H34ClFN2O6. The largest absolute Gasteiger partial charge is 0.444 e. The minimum Gasteiger partial charge on any atom is -0.444 e. The molecule has 0 heterocycles. The molecule has 0 aliphatic heterocycles. The van der Waals surface area contributed by atoms with E-state index in [2.05, 4.69) is 10.6 Å². The summed E-state index contributed by atoms with van der Waals surface area (Å²) < 4.78 is 24.1. The summed E-state index contributed by atoms with van der Waals surface area (Å²) in [7, 11) is 0. The number of amides is 2. The van der Waals surface area contributed by atoms with Crippen LogP contribution in [-0.4, -0.2) is 42.0 Å². The maximum atomic E-state index is 13.6. The Morgan fingerprint density at radius 1 is 0.925 bits per heavy atom. The fourth-order valence-electron chi connectivity index (χ4n) is 3.57. The van der Waals surface area contributed by atoms with Gasteiger partial charge in [-0.15, -0.1) is 0 Å². The molecule has 0 spiro atoms. The number of nitrogens with one attached hydrogen (secondary N) is 2. The monoisotopic (exact) mass is 572 g/mol. The number of benzene rings is 2. The van der Waals surface area contributed by atoms with Gasteiger partial charge in [0.2, 0.25) is 0 Å². The fraction of sp³-hybridized carbons (Fsp3) is 0.333. The molecule has 214 valence electrons. The molecule has 0 saturated carbocycles. The van der Waals surface area contributed by atoms with Crippen molar-refractivity contribution < 1.29 is 33.0 Å². The quantitative estimate of drug-likeness (QED) is 0.151. The van der Waals surface area contributed by atoms with Crippen molar-refractivity contribution in [1.29, 1.82) is 0 Å². The third-order valence-electron chi connectivity index (χ3n) is 5.11. The molecule has 2 aromatic rings. The van der Waals surface area contributed by atoms with Crippen molar-refractivity contribution in [3.8, 4) is 0 Å². The molecule has 0 aliphatic carbocycles. The summed E-state index contributed by atoms with van der Waals surface area (Å²) in [5.41, 5.74) is -0.0184. The van der Waals surface area contributed by atoms with Gasteiger partial charge in [0, 0.05) is 17.7 Å². The Labute approximate surface area is 238 Å². The molecular weight excluding hydrogens is 539 g/mol. The van der Waals surface area contributed by atoms with Crippen LogP contribution in [0.1, 0.15) is 70.0 Å². The highest BCUT2D eigenvalue weighted by atomic mass is 35.5. The van der Waals surface area contributed by atoms with Crippen molar-refractivity contribution in [2.75, 3.05) is 11.9 Å². The van der Waals surface area contributed by atoms with Crippen LogP contribution in [0.3, 0.4) is 0 Å². The van der Waals surface area contributed by atoms with Crippen LogP contribution >= 0.6 is 11.6 Å². The van der Waals surface area contributed by atoms with E-state index in [-0.39, 0.29) is 28.4 Å². The minimum atomic E-state index is -0.778. The van der Waals surface area contributed by atoms with E-state index < -0.39 is 35.0 Å². The van der Waals surface area contributed by atoms with Gasteiger partial charge in [-0.2, -0.15) is 0 Å². The Kier molecular flexibility index (Phi) is 10.8. The predicted octanol–water partition coefficient (Wildman–Crippen LogP) is 7.11. The second-order valence-corrected chi connectivity index (χ2v) is 11.1. The summed E-state index contributed by atoms with van der Waals surface area (Å²) >= 11 is 6.48. The standard InChI is InChI=1S/C30H34ClFN2O6/c1-8-21(19(13-14-35)17-33-27(37)39-29(2,3)4)22-16-25(34-28(38)40-30(5,6)7)24(31)15-23(22)26(36)18-9-11-20(32)12-10-18/h8-16H,17H2,1-7H3,(H,33,37)(H,34,38)/b19-13-,21-8+. The molecule has 0 saturated heterocycles. The van der Waals surface area contributed by atoms with Crippen LogP contribution in [0.15, 0.2) is 54.1 Å². The Morgan fingerprint density at radius 3 is 2.02 bits per heavy atom. The van der Waals surface area contributed by atoms with Crippen LogP contribution in [0.25, 0.3) is 5.57 Å². The van der Waals surface area contributed by atoms with Gasteiger partial charge in [0.25, 0.3) is 0 Å². The summed E-state index contributed by atoms with van der Waals surface area (Å²) in [5.74, 6) is -0.990. The van der Waals surface area contributed by atoms with E-state index in [1.807, 2.05) is 0 Å². The van der Waals surface area contributed by atoms with Crippen molar-refractivity contribution in [2.45, 2.75) is 59.7 Å². The topological polar surface area (TPSA) is 111 Å².